The largest absolute Gasteiger partial charge is 0.460 e. The second-order valence-electron chi connectivity index (χ2n) is 8.01. The van der Waals surface area contributed by atoms with E-state index < -0.39 is 11.9 Å². The summed E-state index contributed by atoms with van der Waals surface area (Å²) in [5.41, 5.74) is 3.04. The van der Waals surface area contributed by atoms with E-state index in [1.807, 2.05) is 31.4 Å². The van der Waals surface area contributed by atoms with Crippen LogP contribution in [0.2, 0.25) is 10.0 Å². The fourth-order valence-electron chi connectivity index (χ4n) is 4.50. The summed E-state index contributed by atoms with van der Waals surface area (Å²) in [5.74, 6) is -1.05. The minimum atomic E-state index is -0.649. The van der Waals surface area contributed by atoms with Crippen molar-refractivity contribution in [2.75, 3.05) is 19.8 Å². The molecule has 0 unspecified atom stereocenters. The summed E-state index contributed by atoms with van der Waals surface area (Å²) < 4.78 is 10.8. The Kier molecular flexibility index (Phi) is 7.59. The summed E-state index contributed by atoms with van der Waals surface area (Å²) >= 11 is 14.6. The molecule has 2 aromatic rings. The molecule has 4 rings (SSSR count). The molecule has 8 heteroatoms. The van der Waals surface area contributed by atoms with Crippen molar-refractivity contribution in [1.29, 1.82) is 0 Å². The van der Waals surface area contributed by atoms with E-state index in [2.05, 4.69) is 11.4 Å². The summed E-state index contributed by atoms with van der Waals surface area (Å²) in [4.78, 5) is 27.9. The van der Waals surface area contributed by atoms with E-state index in [1.54, 1.807) is 23.5 Å². The van der Waals surface area contributed by atoms with Gasteiger partial charge in [-0.25, -0.2) is 4.79 Å². The smallest absolute Gasteiger partial charge is 0.336 e. The van der Waals surface area contributed by atoms with Crippen LogP contribution in [0.25, 0.3) is 0 Å². The van der Waals surface area contributed by atoms with Gasteiger partial charge in [0.25, 0.3) is 0 Å². The van der Waals surface area contributed by atoms with Crippen molar-refractivity contribution in [2.45, 2.75) is 38.5 Å². The number of halogens is 2. The van der Waals surface area contributed by atoms with Crippen LogP contribution in [0, 0.1) is 0 Å². The van der Waals surface area contributed by atoms with Gasteiger partial charge < -0.3 is 14.8 Å². The van der Waals surface area contributed by atoms with E-state index in [-0.39, 0.29) is 18.3 Å². The van der Waals surface area contributed by atoms with Crippen LogP contribution < -0.4 is 5.32 Å². The molecule has 0 spiro atoms. The van der Waals surface area contributed by atoms with Gasteiger partial charge in [0.2, 0.25) is 0 Å². The number of hydrogen-bond donors (Lipinski definition) is 1. The molecular weight excluding hydrogens is 481 g/mol. The van der Waals surface area contributed by atoms with Crippen molar-refractivity contribution in [3.63, 3.8) is 0 Å². The summed E-state index contributed by atoms with van der Waals surface area (Å²) in [6.07, 6.45) is 1.06. The van der Waals surface area contributed by atoms with Gasteiger partial charge in [-0.05, 0) is 43.3 Å². The van der Waals surface area contributed by atoms with Crippen LogP contribution >= 0.6 is 34.5 Å². The lowest BCUT2D eigenvalue weighted by molar-refractivity contribution is -0.140. The van der Waals surface area contributed by atoms with Crippen LogP contribution in [0.15, 0.2) is 58.3 Å². The van der Waals surface area contributed by atoms with Gasteiger partial charge in [0, 0.05) is 46.7 Å². The highest BCUT2D eigenvalue weighted by Gasteiger charge is 2.42. The van der Waals surface area contributed by atoms with Crippen molar-refractivity contribution in [1.82, 2.24) is 5.32 Å². The monoisotopic (exact) mass is 505 g/mol. The van der Waals surface area contributed by atoms with Crippen molar-refractivity contribution in [3.05, 3.63) is 78.7 Å². The van der Waals surface area contributed by atoms with E-state index >= 15 is 0 Å². The van der Waals surface area contributed by atoms with Crippen LogP contribution in [-0.2, 0) is 19.1 Å². The molecule has 0 saturated heterocycles. The number of ether oxygens (including phenoxy) is 2. The molecular formula is C25H25Cl2NO4S. The molecule has 0 saturated carbocycles. The molecule has 1 aromatic heterocycles. The SMILES string of the molecule is CCOCCOC(=O)C1=C(C)NC2=C(C(=O)C[C@H](c3cccs3)C2)[C@H]1c1cccc(Cl)c1Cl. The van der Waals surface area contributed by atoms with Crippen molar-refractivity contribution in [3.8, 4) is 0 Å². The summed E-state index contributed by atoms with van der Waals surface area (Å²) in [6, 6.07) is 9.34. The average Bonchev–Trinajstić information content (AvgIpc) is 3.32. The molecule has 5 nitrogen and oxygen atoms in total. The Balaban J connectivity index is 1.76. The third-order valence-electron chi connectivity index (χ3n) is 5.95. The standard InChI is InChI=1S/C25H25Cl2NO4S/c1-3-31-9-10-32-25(30)21-14(2)28-18-12-15(20-8-5-11-33-20)13-19(29)23(18)22(21)16-6-4-7-17(26)24(16)27/h4-8,11,15,22,28H,3,9-10,12-13H2,1-2H3/t15-,22+/m1/s1. The molecule has 0 radical (unpaired) electrons. The second-order valence-corrected chi connectivity index (χ2v) is 9.77. The van der Waals surface area contributed by atoms with Gasteiger partial charge in [-0.1, -0.05) is 41.4 Å². The summed E-state index contributed by atoms with van der Waals surface area (Å²) in [7, 11) is 0. The molecule has 0 bridgehead atoms. The molecule has 1 aromatic carbocycles. The Morgan fingerprint density at radius 1 is 1.18 bits per heavy atom. The number of rotatable bonds is 7. The van der Waals surface area contributed by atoms with Gasteiger partial charge in [-0.15, -0.1) is 11.3 Å². The van der Waals surface area contributed by atoms with E-state index in [1.165, 1.54) is 4.88 Å². The van der Waals surface area contributed by atoms with Crippen molar-refractivity contribution >= 4 is 46.3 Å². The van der Waals surface area contributed by atoms with Crippen LogP contribution in [-0.4, -0.2) is 31.6 Å². The summed E-state index contributed by atoms with van der Waals surface area (Å²) in [5, 5.41) is 6.07. The zero-order valence-electron chi connectivity index (χ0n) is 18.5. The first-order chi connectivity index (χ1) is 15.9. The number of carbonyl (C=O) groups is 2. The summed E-state index contributed by atoms with van der Waals surface area (Å²) in [6.45, 7) is 4.67. The van der Waals surface area contributed by atoms with Crippen molar-refractivity contribution in [2.24, 2.45) is 0 Å². The Morgan fingerprint density at radius 2 is 2.00 bits per heavy atom. The number of Topliss-reactive ketones (excluding diaryl/α,β-unsaturated/α-hetero) is 1. The highest BCUT2D eigenvalue weighted by molar-refractivity contribution is 7.10. The van der Waals surface area contributed by atoms with Gasteiger partial charge in [0.15, 0.2) is 5.78 Å². The number of benzene rings is 1. The number of dihydropyridines is 1. The predicted octanol–water partition coefficient (Wildman–Crippen LogP) is 6.00. The average molecular weight is 506 g/mol. The van der Waals surface area contributed by atoms with Gasteiger partial charge in [-0.3, -0.25) is 4.79 Å². The zero-order chi connectivity index (χ0) is 23.5. The Hall–Kier alpha value is -2.12. The second kappa shape index (κ2) is 10.4. The molecule has 0 fully saturated rings. The number of hydrogen-bond acceptors (Lipinski definition) is 6. The Labute approximate surface area is 207 Å². The van der Waals surface area contributed by atoms with E-state index in [9.17, 15) is 9.59 Å². The lowest BCUT2D eigenvalue weighted by atomic mass is 9.72. The molecule has 174 valence electrons. The van der Waals surface area contributed by atoms with Gasteiger partial charge in [-0.2, -0.15) is 0 Å². The third kappa shape index (κ3) is 4.90. The lowest BCUT2D eigenvalue weighted by Gasteiger charge is -2.36. The maximum Gasteiger partial charge on any atom is 0.336 e. The first-order valence-corrected chi connectivity index (χ1v) is 12.5. The topological polar surface area (TPSA) is 64.6 Å². The maximum absolute atomic E-state index is 13.5. The molecule has 2 atom stereocenters. The first kappa shape index (κ1) is 24.0. The van der Waals surface area contributed by atoms with Crippen LogP contribution in [0.5, 0.6) is 0 Å². The maximum atomic E-state index is 13.5. The molecule has 0 amide bonds. The number of nitrogens with one attached hydrogen (secondary N) is 1. The van der Waals surface area contributed by atoms with Gasteiger partial charge in [0.05, 0.1) is 22.2 Å². The number of esters is 1. The highest BCUT2D eigenvalue weighted by atomic mass is 35.5. The number of carbonyl (C=O) groups excluding carboxylic acids is 2. The molecule has 33 heavy (non-hydrogen) atoms. The molecule has 1 N–H and O–H groups in total. The van der Waals surface area contributed by atoms with Gasteiger partial charge >= 0.3 is 5.97 Å². The highest BCUT2D eigenvalue weighted by Crippen LogP contribution is 2.48. The third-order valence-corrected chi connectivity index (χ3v) is 7.82. The van der Waals surface area contributed by atoms with Crippen LogP contribution in [0.4, 0.5) is 0 Å². The minimum absolute atomic E-state index is 0.00434. The zero-order valence-corrected chi connectivity index (χ0v) is 20.8. The van der Waals surface area contributed by atoms with Crippen LogP contribution in [0.1, 0.15) is 49.0 Å². The molecule has 1 aliphatic heterocycles. The number of thiophene rings is 1. The minimum Gasteiger partial charge on any atom is -0.460 e. The van der Waals surface area contributed by atoms with E-state index in [0.717, 1.165) is 5.70 Å². The van der Waals surface area contributed by atoms with E-state index in [4.69, 9.17) is 32.7 Å². The van der Waals surface area contributed by atoms with Crippen LogP contribution in [0.3, 0.4) is 0 Å². The van der Waals surface area contributed by atoms with E-state index in [0.29, 0.717) is 58.5 Å². The fourth-order valence-corrected chi connectivity index (χ4v) is 5.75. The Bertz CT molecular complexity index is 1120. The number of allylic oxidation sites excluding steroid dienone is 3. The molecule has 1 aliphatic carbocycles. The Morgan fingerprint density at radius 3 is 2.73 bits per heavy atom. The van der Waals surface area contributed by atoms with Crippen molar-refractivity contribution < 1.29 is 19.1 Å². The first-order valence-electron chi connectivity index (χ1n) is 10.9. The molecule has 2 aliphatic rings. The fraction of sp³-hybridized carbons (Fsp3) is 0.360. The lowest BCUT2D eigenvalue weighted by Crippen LogP contribution is -2.36. The molecule has 2 heterocycles. The predicted molar refractivity (Wildman–Crippen MR) is 131 cm³/mol. The normalized spacial score (nSPS) is 20.5. The quantitative estimate of drug-likeness (QED) is 0.369. The number of ketones is 1. The van der Waals surface area contributed by atoms with Gasteiger partial charge in [0.1, 0.15) is 6.61 Å².